The Morgan fingerprint density at radius 2 is 2.29 bits per heavy atom. The van der Waals surface area contributed by atoms with Gasteiger partial charge in [0.1, 0.15) is 11.7 Å². The zero-order valence-electron chi connectivity index (χ0n) is 8.82. The van der Waals surface area contributed by atoms with Crippen molar-refractivity contribution in [2.24, 2.45) is 5.73 Å². The first-order chi connectivity index (χ1) is 8.06. The van der Waals surface area contributed by atoms with Crippen LogP contribution in [0.1, 0.15) is 11.1 Å². The zero-order valence-corrected chi connectivity index (χ0v) is 11.0. The summed E-state index contributed by atoms with van der Waals surface area (Å²) in [5, 5.41) is 11.3. The number of nitrogens with one attached hydrogen (secondary N) is 1. The van der Waals surface area contributed by atoms with Gasteiger partial charge in [-0.3, -0.25) is 10.1 Å². The molecule has 6 heteroatoms. The van der Waals surface area contributed by atoms with Crippen LogP contribution in [0.2, 0.25) is 0 Å². The van der Waals surface area contributed by atoms with E-state index in [2.05, 4.69) is 27.7 Å². The predicted octanol–water partition coefficient (Wildman–Crippen LogP) is 1.96. The quantitative estimate of drug-likeness (QED) is 0.508. The summed E-state index contributed by atoms with van der Waals surface area (Å²) >= 11 is 2.14. The van der Waals surface area contributed by atoms with Crippen molar-refractivity contribution in [1.82, 2.24) is 9.78 Å². The fourth-order valence-corrected chi connectivity index (χ4v) is 1.89. The molecule has 0 unspecified atom stereocenters. The summed E-state index contributed by atoms with van der Waals surface area (Å²) in [6.45, 7) is 0.368. The minimum atomic E-state index is -0.372. The molecule has 4 nitrogen and oxygen atoms in total. The number of nitrogens with two attached hydrogens (primary N) is 1. The highest BCUT2D eigenvalue weighted by Crippen LogP contribution is 2.12. The number of benzene rings is 1. The molecule has 0 radical (unpaired) electrons. The van der Waals surface area contributed by atoms with E-state index < -0.39 is 0 Å². The largest absolute Gasteiger partial charge is 0.384 e. The van der Waals surface area contributed by atoms with Gasteiger partial charge in [0, 0.05) is 17.3 Å². The van der Waals surface area contributed by atoms with E-state index in [0.717, 1.165) is 3.57 Å². The molecular formula is C11H10FIN4. The van der Waals surface area contributed by atoms with E-state index in [1.54, 1.807) is 23.0 Å². The van der Waals surface area contributed by atoms with E-state index >= 15 is 0 Å². The lowest BCUT2D eigenvalue weighted by molar-refractivity contribution is 0.585. The summed E-state index contributed by atoms with van der Waals surface area (Å²) < 4.78 is 16.4. The molecule has 2 aromatic rings. The lowest BCUT2D eigenvalue weighted by Gasteiger charge is -2.05. The average Bonchev–Trinajstić information content (AvgIpc) is 2.67. The number of amidine groups is 1. The topological polar surface area (TPSA) is 67.7 Å². The Labute approximate surface area is 111 Å². The third-order valence-electron chi connectivity index (χ3n) is 2.30. The Hall–Kier alpha value is -1.44. The third-order valence-corrected chi connectivity index (χ3v) is 2.86. The molecule has 1 aromatic heterocycles. The molecule has 0 aliphatic rings. The van der Waals surface area contributed by atoms with Crippen LogP contribution >= 0.6 is 22.6 Å². The second-order valence-electron chi connectivity index (χ2n) is 3.58. The molecule has 0 spiro atoms. The van der Waals surface area contributed by atoms with Crippen molar-refractivity contribution in [3.63, 3.8) is 0 Å². The van der Waals surface area contributed by atoms with Crippen molar-refractivity contribution in [1.29, 1.82) is 5.41 Å². The maximum Gasteiger partial charge on any atom is 0.129 e. The second kappa shape index (κ2) is 4.82. The molecule has 2 rings (SSSR count). The van der Waals surface area contributed by atoms with Gasteiger partial charge in [0.15, 0.2) is 0 Å². The van der Waals surface area contributed by atoms with E-state index in [9.17, 15) is 4.39 Å². The monoisotopic (exact) mass is 344 g/mol. The summed E-state index contributed by atoms with van der Waals surface area (Å²) in [6.07, 6.45) is 3.54. The molecule has 3 N–H and O–H groups in total. The van der Waals surface area contributed by atoms with Crippen molar-refractivity contribution in [2.45, 2.75) is 6.54 Å². The Balaban J connectivity index is 2.25. The van der Waals surface area contributed by atoms with E-state index in [1.165, 1.54) is 6.07 Å². The fraction of sp³-hybridized carbons (Fsp3) is 0.0909. The van der Waals surface area contributed by atoms with Crippen LogP contribution in [0.5, 0.6) is 0 Å². The number of halogens is 2. The van der Waals surface area contributed by atoms with Crippen LogP contribution in [-0.4, -0.2) is 15.6 Å². The van der Waals surface area contributed by atoms with Gasteiger partial charge in [-0.05, 0) is 28.7 Å². The lowest BCUT2D eigenvalue weighted by Crippen LogP contribution is -2.12. The van der Waals surface area contributed by atoms with Gasteiger partial charge in [-0.2, -0.15) is 5.10 Å². The van der Waals surface area contributed by atoms with Crippen molar-refractivity contribution < 1.29 is 4.39 Å². The molecule has 1 heterocycles. The van der Waals surface area contributed by atoms with Crippen LogP contribution in [0, 0.1) is 14.8 Å². The molecule has 0 aliphatic heterocycles. The van der Waals surface area contributed by atoms with Gasteiger partial charge in [-0.25, -0.2) is 4.39 Å². The third kappa shape index (κ3) is 2.82. The average molecular weight is 344 g/mol. The number of aromatic nitrogens is 2. The maximum atomic E-state index is 13.7. The van der Waals surface area contributed by atoms with Gasteiger partial charge >= 0.3 is 0 Å². The van der Waals surface area contributed by atoms with Gasteiger partial charge in [0.2, 0.25) is 0 Å². The highest BCUT2D eigenvalue weighted by Gasteiger charge is 2.06. The molecular weight excluding hydrogens is 334 g/mol. The van der Waals surface area contributed by atoms with Crippen molar-refractivity contribution >= 4 is 28.4 Å². The molecule has 0 saturated heterocycles. The van der Waals surface area contributed by atoms with Crippen LogP contribution in [0.4, 0.5) is 4.39 Å². The van der Waals surface area contributed by atoms with Crippen LogP contribution < -0.4 is 5.73 Å². The summed E-state index contributed by atoms with van der Waals surface area (Å²) in [7, 11) is 0. The Bertz CT molecular complexity index is 564. The van der Waals surface area contributed by atoms with E-state index in [0.29, 0.717) is 17.7 Å². The number of rotatable bonds is 3. The van der Waals surface area contributed by atoms with Gasteiger partial charge in [0.25, 0.3) is 0 Å². The summed E-state index contributed by atoms with van der Waals surface area (Å²) in [4.78, 5) is 0. The molecule has 0 atom stereocenters. The van der Waals surface area contributed by atoms with Crippen LogP contribution in [0.3, 0.4) is 0 Å². The Morgan fingerprint density at radius 1 is 1.53 bits per heavy atom. The van der Waals surface area contributed by atoms with Crippen molar-refractivity contribution in [2.75, 3.05) is 0 Å². The van der Waals surface area contributed by atoms with Crippen molar-refractivity contribution in [3.05, 3.63) is 51.1 Å². The first-order valence-corrected chi connectivity index (χ1v) is 5.95. The number of hydrogen-bond donors (Lipinski definition) is 2. The summed E-state index contributed by atoms with van der Waals surface area (Å²) in [5.74, 6) is -0.507. The van der Waals surface area contributed by atoms with Crippen molar-refractivity contribution in [3.8, 4) is 0 Å². The molecule has 17 heavy (non-hydrogen) atoms. The van der Waals surface area contributed by atoms with Crippen LogP contribution in [-0.2, 0) is 6.54 Å². The maximum absolute atomic E-state index is 13.7. The van der Waals surface area contributed by atoms with Gasteiger partial charge in [-0.1, -0.05) is 12.1 Å². The molecule has 88 valence electrons. The van der Waals surface area contributed by atoms with Crippen LogP contribution in [0.25, 0.3) is 0 Å². The summed E-state index contributed by atoms with van der Waals surface area (Å²) in [5.41, 5.74) is 6.20. The first-order valence-electron chi connectivity index (χ1n) is 4.87. The number of nitrogen functional groups attached to an aromatic ring is 1. The molecule has 0 aliphatic carbocycles. The lowest BCUT2D eigenvalue weighted by atomic mass is 10.1. The smallest absolute Gasteiger partial charge is 0.129 e. The molecule has 0 amide bonds. The zero-order chi connectivity index (χ0) is 12.4. The number of nitrogens with zero attached hydrogens (tertiary/aromatic N) is 2. The number of hydrogen-bond acceptors (Lipinski definition) is 2. The highest BCUT2D eigenvalue weighted by atomic mass is 127. The second-order valence-corrected chi connectivity index (χ2v) is 4.82. The van der Waals surface area contributed by atoms with E-state index in [4.69, 9.17) is 11.1 Å². The van der Waals surface area contributed by atoms with Crippen LogP contribution in [0.15, 0.2) is 30.6 Å². The van der Waals surface area contributed by atoms with Gasteiger partial charge < -0.3 is 5.73 Å². The molecule has 0 bridgehead atoms. The normalized spacial score (nSPS) is 10.5. The predicted molar refractivity (Wildman–Crippen MR) is 71.5 cm³/mol. The standard InChI is InChI=1S/C11H10FIN4/c12-10-3-7(11(14)15)1-2-8(10)5-17-6-9(13)4-16-17/h1-4,6H,5H2,(H3,14,15). The minimum absolute atomic E-state index is 0.135. The molecule has 1 aromatic carbocycles. The Morgan fingerprint density at radius 3 is 2.82 bits per heavy atom. The van der Waals surface area contributed by atoms with E-state index in [-0.39, 0.29) is 11.7 Å². The SMILES string of the molecule is N=C(N)c1ccc(Cn2cc(I)cn2)c(F)c1. The summed E-state index contributed by atoms with van der Waals surface area (Å²) in [6, 6.07) is 4.53. The minimum Gasteiger partial charge on any atom is -0.384 e. The molecule has 0 saturated carbocycles. The Kier molecular flexibility index (Phi) is 3.41. The highest BCUT2D eigenvalue weighted by molar-refractivity contribution is 14.1. The van der Waals surface area contributed by atoms with E-state index in [1.807, 2.05) is 6.20 Å². The first kappa shape index (κ1) is 12.0. The molecule has 0 fully saturated rings. The van der Waals surface area contributed by atoms with Gasteiger partial charge in [-0.15, -0.1) is 0 Å². The fourth-order valence-electron chi connectivity index (χ4n) is 1.44. The van der Waals surface area contributed by atoms with Gasteiger partial charge in [0.05, 0.1) is 16.3 Å².